The lowest BCUT2D eigenvalue weighted by molar-refractivity contribution is 0.0258. The first-order valence-corrected chi connectivity index (χ1v) is 10.0. The minimum Gasteiger partial charge on any atom is -0.378 e. The molecule has 1 aliphatic rings. The Morgan fingerprint density at radius 1 is 1.08 bits per heavy atom. The number of hydrogen-bond acceptors (Lipinski definition) is 4. The molecule has 1 heterocycles. The summed E-state index contributed by atoms with van der Waals surface area (Å²) in [5.41, 5.74) is 0. The van der Waals surface area contributed by atoms with Crippen LogP contribution in [0.1, 0.15) is 40.0 Å². The number of nitrogens with one attached hydrogen (secondary N) is 2. The fourth-order valence-electron chi connectivity index (χ4n) is 3.12. The third-order valence-corrected chi connectivity index (χ3v) is 4.86. The molecule has 0 aromatic rings. The number of guanidine groups is 1. The molecule has 1 rings (SSSR count). The molecular formula is C19H41N5O. The summed E-state index contributed by atoms with van der Waals surface area (Å²) in [6, 6.07) is 0. The predicted molar refractivity (Wildman–Crippen MR) is 107 cm³/mol. The second-order valence-corrected chi connectivity index (χ2v) is 7.30. The van der Waals surface area contributed by atoms with E-state index in [0.29, 0.717) is 12.0 Å². The number of likely N-dealkylation sites (N-methyl/N-ethyl adjacent to an activating group) is 1. The zero-order valence-electron chi connectivity index (χ0n) is 17.2. The molecular weight excluding hydrogens is 314 g/mol. The van der Waals surface area contributed by atoms with E-state index in [-0.39, 0.29) is 0 Å². The second-order valence-electron chi connectivity index (χ2n) is 7.30. The molecule has 0 amide bonds. The molecule has 2 N–H and O–H groups in total. The minimum absolute atomic E-state index is 0.319. The summed E-state index contributed by atoms with van der Waals surface area (Å²) in [6.07, 6.45) is 3.75. The highest BCUT2D eigenvalue weighted by Gasteiger charge is 2.13. The van der Waals surface area contributed by atoms with E-state index in [0.717, 1.165) is 32.1 Å². The van der Waals surface area contributed by atoms with Crippen molar-refractivity contribution in [3.05, 3.63) is 0 Å². The summed E-state index contributed by atoms with van der Waals surface area (Å²) >= 11 is 0. The van der Waals surface area contributed by atoms with E-state index >= 15 is 0 Å². The summed E-state index contributed by atoms with van der Waals surface area (Å²) in [6.45, 7) is 15.2. The van der Waals surface area contributed by atoms with Crippen molar-refractivity contribution < 1.29 is 4.74 Å². The summed E-state index contributed by atoms with van der Waals surface area (Å²) in [4.78, 5) is 9.29. The zero-order chi connectivity index (χ0) is 18.5. The highest BCUT2D eigenvalue weighted by molar-refractivity contribution is 5.79. The molecule has 0 aromatic carbocycles. The van der Waals surface area contributed by atoms with Crippen molar-refractivity contribution in [1.29, 1.82) is 0 Å². The molecule has 1 fully saturated rings. The van der Waals surface area contributed by atoms with Gasteiger partial charge >= 0.3 is 0 Å². The largest absolute Gasteiger partial charge is 0.378 e. The molecule has 1 aliphatic heterocycles. The molecule has 1 unspecified atom stereocenters. The Hall–Kier alpha value is -0.850. The highest BCUT2D eigenvalue weighted by atomic mass is 16.5. The van der Waals surface area contributed by atoms with Gasteiger partial charge in [0.2, 0.25) is 0 Å². The van der Waals surface area contributed by atoms with Gasteiger partial charge in [-0.2, -0.15) is 0 Å². The lowest BCUT2D eigenvalue weighted by Crippen LogP contribution is -2.44. The van der Waals surface area contributed by atoms with Crippen molar-refractivity contribution in [1.82, 2.24) is 20.4 Å². The Morgan fingerprint density at radius 3 is 2.36 bits per heavy atom. The van der Waals surface area contributed by atoms with Crippen LogP contribution in [-0.4, -0.2) is 88.4 Å². The molecule has 0 spiro atoms. The van der Waals surface area contributed by atoms with E-state index < -0.39 is 0 Å². The smallest absolute Gasteiger partial charge is 0.190 e. The SMILES string of the molecule is CCOC(CCNC(=NC)NCCCCN1CCN(C)CC1)C(C)C. The third-order valence-electron chi connectivity index (χ3n) is 4.86. The van der Waals surface area contributed by atoms with E-state index in [1.807, 2.05) is 7.05 Å². The van der Waals surface area contributed by atoms with Gasteiger partial charge in [0.25, 0.3) is 0 Å². The lowest BCUT2D eigenvalue weighted by Gasteiger charge is -2.32. The molecule has 0 saturated carbocycles. The van der Waals surface area contributed by atoms with E-state index in [2.05, 4.69) is 53.2 Å². The van der Waals surface area contributed by atoms with Crippen LogP contribution >= 0.6 is 0 Å². The van der Waals surface area contributed by atoms with Gasteiger partial charge in [0.05, 0.1) is 6.10 Å². The van der Waals surface area contributed by atoms with E-state index in [1.165, 1.54) is 45.6 Å². The van der Waals surface area contributed by atoms with Gasteiger partial charge in [-0.15, -0.1) is 0 Å². The van der Waals surface area contributed by atoms with E-state index in [9.17, 15) is 0 Å². The second kappa shape index (κ2) is 13.4. The summed E-state index contributed by atoms with van der Waals surface area (Å²) in [5.74, 6) is 1.45. The number of nitrogens with zero attached hydrogens (tertiary/aromatic N) is 3. The maximum atomic E-state index is 5.79. The molecule has 0 radical (unpaired) electrons. The Kier molecular flexibility index (Phi) is 11.9. The Balaban J connectivity index is 2.07. The molecule has 6 nitrogen and oxygen atoms in total. The Labute approximate surface area is 155 Å². The van der Waals surface area contributed by atoms with Crippen molar-refractivity contribution in [2.45, 2.75) is 46.1 Å². The van der Waals surface area contributed by atoms with Crippen LogP contribution in [0.5, 0.6) is 0 Å². The number of ether oxygens (including phenoxy) is 1. The topological polar surface area (TPSA) is 52.1 Å². The van der Waals surface area contributed by atoms with Crippen molar-refractivity contribution >= 4 is 5.96 Å². The molecule has 1 atom stereocenters. The van der Waals surface area contributed by atoms with Gasteiger partial charge in [0.15, 0.2) is 5.96 Å². The summed E-state index contributed by atoms with van der Waals surface area (Å²) < 4.78 is 5.79. The Bertz CT molecular complexity index is 354. The van der Waals surface area contributed by atoms with E-state index in [1.54, 1.807) is 0 Å². The van der Waals surface area contributed by atoms with Gasteiger partial charge in [0.1, 0.15) is 0 Å². The van der Waals surface area contributed by atoms with Gasteiger partial charge in [-0.05, 0) is 45.7 Å². The molecule has 6 heteroatoms. The number of unbranched alkanes of at least 4 members (excludes halogenated alkanes) is 1. The summed E-state index contributed by atoms with van der Waals surface area (Å²) in [7, 11) is 4.04. The van der Waals surface area contributed by atoms with Crippen LogP contribution in [0.25, 0.3) is 0 Å². The monoisotopic (exact) mass is 355 g/mol. The number of rotatable bonds is 11. The lowest BCUT2D eigenvalue weighted by atomic mass is 10.0. The van der Waals surface area contributed by atoms with Gasteiger partial charge in [-0.3, -0.25) is 4.99 Å². The zero-order valence-corrected chi connectivity index (χ0v) is 17.2. The van der Waals surface area contributed by atoms with Crippen LogP contribution < -0.4 is 10.6 Å². The molecule has 0 bridgehead atoms. The van der Waals surface area contributed by atoms with Crippen molar-refractivity contribution in [2.75, 3.05) is 66.5 Å². The van der Waals surface area contributed by atoms with Crippen LogP contribution in [0.4, 0.5) is 0 Å². The quantitative estimate of drug-likeness (QED) is 0.335. The van der Waals surface area contributed by atoms with Gasteiger partial charge < -0.3 is 25.2 Å². The van der Waals surface area contributed by atoms with Gasteiger partial charge in [-0.25, -0.2) is 0 Å². The van der Waals surface area contributed by atoms with Crippen LogP contribution in [0, 0.1) is 5.92 Å². The third kappa shape index (κ3) is 10.0. The average Bonchev–Trinajstić information content (AvgIpc) is 2.60. The first-order chi connectivity index (χ1) is 12.1. The maximum absolute atomic E-state index is 5.79. The fourth-order valence-corrected chi connectivity index (χ4v) is 3.12. The standard InChI is InChI=1S/C19H41N5O/c1-6-25-18(17(2)3)9-11-22-19(20-4)21-10-7-8-12-24-15-13-23(5)14-16-24/h17-18H,6-16H2,1-5H3,(H2,20,21,22). The van der Waals surface area contributed by atoms with Crippen molar-refractivity contribution in [3.8, 4) is 0 Å². The van der Waals surface area contributed by atoms with E-state index in [4.69, 9.17) is 4.74 Å². The maximum Gasteiger partial charge on any atom is 0.190 e. The number of aliphatic imine (C=N–C) groups is 1. The molecule has 0 aromatic heterocycles. The average molecular weight is 356 g/mol. The van der Waals surface area contributed by atoms with Gasteiger partial charge in [-0.1, -0.05) is 13.8 Å². The van der Waals surface area contributed by atoms with Crippen LogP contribution in [0.2, 0.25) is 0 Å². The van der Waals surface area contributed by atoms with Crippen molar-refractivity contribution in [3.63, 3.8) is 0 Å². The first kappa shape index (κ1) is 22.2. The van der Waals surface area contributed by atoms with Crippen LogP contribution in [-0.2, 0) is 4.74 Å². The Morgan fingerprint density at radius 2 is 1.76 bits per heavy atom. The molecule has 25 heavy (non-hydrogen) atoms. The minimum atomic E-state index is 0.319. The number of piperazine rings is 1. The normalized spacial score (nSPS) is 18.6. The van der Waals surface area contributed by atoms with Gasteiger partial charge in [0, 0.05) is 52.9 Å². The highest BCUT2D eigenvalue weighted by Crippen LogP contribution is 2.09. The number of hydrogen-bond donors (Lipinski definition) is 2. The molecule has 148 valence electrons. The first-order valence-electron chi connectivity index (χ1n) is 10.0. The molecule has 0 aliphatic carbocycles. The molecule has 1 saturated heterocycles. The predicted octanol–water partition coefficient (Wildman–Crippen LogP) is 1.63. The van der Waals surface area contributed by atoms with Crippen LogP contribution in [0.3, 0.4) is 0 Å². The van der Waals surface area contributed by atoms with Crippen LogP contribution in [0.15, 0.2) is 4.99 Å². The van der Waals surface area contributed by atoms with Crippen molar-refractivity contribution in [2.24, 2.45) is 10.9 Å². The fraction of sp³-hybridized carbons (Fsp3) is 0.947. The summed E-state index contributed by atoms with van der Waals surface area (Å²) in [5, 5.41) is 6.82.